The van der Waals surface area contributed by atoms with Crippen LogP contribution in [0.4, 0.5) is 4.79 Å². The third kappa shape index (κ3) is 4.35. The summed E-state index contributed by atoms with van der Waals surface area (Å²) in [5.41, 5.74) is -0.593. The lowest BCUT2D eigenvalue weighted by Gasteiger charge is -2.28. The molecule has 0 radical (unpaired) electrons. The highest BCUT2D eigenvalue weighted by molar-refractivity contribution is 7.89. The molecule has 1 atom stereocenters. The van der Waals surface area contributed by atoms with Crippen LogP contribution in [0.5, 0.6) is 0 Å². The summed E-state index contributed by atoms with van der Waals surface area (Å²) in [4.78, 5) is 11.7. The molecular weight excluding hydrogens is 268 g/mol. The predicted molar refractivity (Wildman–Crippen MR) is 73.2 cm³/mol. The minimum atomic E-state index is -3.35. The van der Waals surface area contributed by atoms with Gasteiger partial charge in [-0.15, -0.1) is 0 Å². The quantitative estimate of drug-likeness (QED) is 0.858. The molecule has 7 heteroatoms. The van der Waals surface area contributed by atoms with Gasteiger partial charge in [0.15, 0.2) is 0 Å². The fourth-order valence-electron chi connectivity index (χ4n) is 1.90. The summed E-state index contributed by atoms with van der Waals surface area (Å²) in [6.45, 7) is 9.02. The third-order valence-corrected chi connectivity index (χ3v) is 5.09. The van der Waals surface area contributed by atoms with Crippen molar-refractivity contribution in [2.75, 3.05) is 6.54 Å². The molecule has 0 aliphatic carbocycles. The molecule has 19 heavy (non-hydrogen) atoms. The van der Waals surface area contributed by atoms with E-state index >= 15 is 0 Å². The summed E-state index contributed by atoms with van der Waals surface area (Å²) in [7, 11) is -3.35. The Kier molecular flexibility index (Phi) is 4.84. The second-order valence-electron chi connectivity index (χ2n) is 6.01. The van der Waals surface area contributed by atoms with E-state index in [1.165, 1.54) is 4.31 Å². The Labute approximate surface area is 115 Å². The molecule has 0 saturated carbocycles. The SMILES string of the molecule is CC(C)S(=O)(=O)N1CCCC1NC(=O)OC(C)(C)C. The average molecular weight is 292 g/mol. The standard InChI is InChI=1S/C12H24N2O4S/c1-9(2)19(16,17)14-8-6-7-10(14)13-11(15)18-12(3,4)5/h9-10H,6-8H2,1-5H3,(H,13,15). The number of ether oxygens (including phenoxy) is 1. The highest BCUT2D eigenvalue weighted by Crippen LogP contribution is 2.22. The average Bonchev–Trinajstić information content (AvgIpc) is 2.62. The Morgan fingerprint density at radius 1 is 1.37 bits per heavy atom. The van der Waals surface area contributed by atoms with Crippen molar-refractivity contribution in [1.82, 2.24) is 9.62 Å². The van der Waals surface area contributed by atoms with Crippen LogP contribution in [0, 0.1) is 0 Å². The van der Waals surface area contributed by atoms with Gasteiger partial charge in [0.1, 0.15) is 5.60 Å². The van der Waals surface area contributed by atoms with Crippen molar-refractivity contribution in [1.29, 1.82) is 0 Å². The van der Waals surface area contributed by atoms with Crippen LogP contribution >= 0.6 is 0 Å². The van der Waals surface area contributed by atoms with Gasteiger partial charge in [0.25, 0.3) is 0 Å². The highest BCUT2D eigenvalue weighted by Gasteiger charge is 2.37. The molecule has 1 heterocycles. The van der Waals surface area contributed by atoms with Crippen LogP contribution in [0.15, 0.2) is 0 Å². The van der Waals surface area contributed by atoms with E-state index in [1.54, 1.807) is 34.6 Å². The zero-order chi connectivity index (χ0) is 14.8. The van der Waals surface area contributed by atoms with Crippen molar-refractivity contribution in [3.8, 4) is 0 Å². The molecular formula is C12H24N2O4S. The van der Waals surface area contributed by atoms with Crippen molar-refractivity contribution in [2.45, 2.75) is 64.5 Å². The first-order valence-electron chi connectivity index (χ1n) is 6.54. The number of carbonyl (C=O) groups excluding carboxylic acids is 1. The molecule has 0 bridgehead atoms. The van der Waals surface area contributed by atoms with Gasteiger partial charge in [0.2, 0.25) is 10.0 Å². The lowest BCUT2D eigenvalue weighted by atomic mass is 10.2. The van der Waals surface area contributed by atoms with Gasteiger partial charge in [0.05, 0.1) is 11.4 Å². The maximum Gasteiger partial charge on any atom is 0.408 e. The Bertz CT molecular complexity index is 426. The Hall–Kier alpha value is -0.820. The molecule has 0 aromatic heterocycles. The number of hydrogen-bond donors (Lipinski definition) is 1. The van der Waals surface area contributed by atoms with Gasteiger partial charge in [-0.05, 0) is 47.5 Å². The Morgan fingerprint density at radius 3 is 2.42 bits per heavy atom. The minimum Gasteiger partial charge on any atom is -0.444 e. The van der Waals surface area contributed by atoms with E-state index in [4.69, 9.17) is 4.74 Å². The molecule has 1 aliphatic rings. The number of carbonyl (C=O) groups is 1. The molecule has 6 nitrogen and oxygen atoms in total. The van der Waals surface area contributed by atoms with Gasteiger partial charge in [-0.3, -0.25) is 0 Å². The first-order valence-corrected chi connectivity index (χ1v) is 8.04. The first-order chi connectivity index (χ1) is 8.54. The molecule has 112 valence electrons. The summed E-state index contributed by atoms with van der Waals surface area (Å²) in [6.07, 6.45) is 0.281. The number of sulfonamides is 1. The fraction of sp³-hybridized carbons (Fsp3) is 0.917. The van der Waals surface area contributed by atoms with Crippen LogP contribution in [0.1, 0.15) is 47.5 Å². The number of alkyl carbamates (subject to hydrolysis) is 1. The minimum absolute atomic E-state index is 0.445. The van der Waals surface area contributed by atoms with Gasteiger partial charge in [0, 0.05) is 6.54 Å². The Morgan fingerprint density at radius 2 is 1.95 bits per heavy atom. The van der Waals surface area contributed by atoms with Crippen molar-refractivity contribution in [3.05, 3.63) is 0 Å². The summed E-state index contributed by atoms with van der Waals surface area (Å²) >= 11 is 0. The van der Waals surface area contributed by atoms with Crippen molar-refractivity contribution in [2.24, 2.45) is 0 Å². The van der Waals surface area contributed by atoms with Crippen LogP contribution in [0.2, 0.25) is 0 Å². The highest BCUT2D eigenvalue weighted by atomic mass is 32.2. The normalized spacial score (nSPS) is 21.7. The van der Waals surface area contributed by atoms with Crippen LogP contribution in [0.25, 0.3) is 0 Å². The maximum absolute atomic E-state index is 12.1. The zero-order valence-corrected chi connectivity index (χ0v) is 13.1. The van der Waals surface area contributed by atoms with Gasteiger partial charge < -0.3 is 10.1 Å². The zero-order valence-electron chi connectivity index (χ0n) is 12.3. The molecule has 1 fully saturated rings. The van der Waals surface area contributed by atoms with Gasteiger partial charge in [-0.2, -0.15) is 4.31 Å². The second-order valence-corrected chi connectivity index (χ2v) is 8.45. The fourth-order valence-corrected chi connectivity index (χ4v) is 3.34. The number of amides is 1. The van der Waals surface area contributed by atoms with Gasteiger partial charge in [-0.1, -0.05) is 0 Å². The van der Waals surface area contributed by atoms with E-state index in [-0.39, 0.29) is 0 Å². The molecule has 0 aromatic carbocycles. The largest absolute Gasteiger partial charge is 0.444 e. The monoisotopic (exact) mass is 292 g/mol. The van der Waals surface area contributed by atoms with Crippen LogP contribution < -0.4 is 5.32 Å². The van der Waals surface area contributed by atoms with Crippen LogP contribution in [-0.2, 0) is 14.8 Å². The number of nitrogens with zero attached hydrogens (tertiary/aromatic N) is 1. The van der Waals surface area contributed by atoms with E-state index in [9.17, 15) is 13.2 Å². The van der Waals surface area contributed by atoms with E-state index in [1.807, 2.05) is 0 Å². The predicted octanol–water partition coefficient (Wildman–Crippen LogP) is 1.67. The second kappa shape index (κ2) is 5.66. The Balaban J connectivity index is 2.71. The molecule has 1 aliphatic heterocycles. The lowest BCUT2D eigenvalue weighted by molar-refractivity contribution is 0.0480. The van der Waals surface area contributed by atoms with Crippen molar-refractivity contribution < 1.29 is 17.9 Å². The van der Waals surface area contributed by atoms with Gasteiger partial charge in [-0.25, -0.2) is 13.2 Å². The molecule has 1 rings (SSSR count). The van der Waals surface area contributed by atoms with Crippen LogP contribution in [-0.4, -0.2) is 42.4 Å². The number of rotatable bonds is 3. The summed E-state index contributed by atoms with van der Waals surface area (Å²) < 4.78 is 30.8. The molecule has 1 saturated heterocycles. The summed E-state index contributed by atoms with van der Waals surface area (Å²) in [5, 5.41) is 2.14. The lowest BCUT2D eigenvalue weighted by Crippen LogP contribution is -2.50. The maximum atomic E-state index is 12.1. The number of nitrogens with one attached hydrogen (secondary N) is 1. The summed E-state index contributed by atoms with van der Waals surface area (Å²) in [6, 6.07) is 0. The molecule has 1 amide bonds. The van der Waals surface area contributed by atoms with E-state index < -0.39 is 33.1 Å². The topological polar surface area (TPSA) is 75.7 Å². The first kappa shape index (κ1) is 16.2. The van der Waals surface area contributed by atoms with Gasteiger partial charge >= 0.3 is 6.09 Å². The van der Waals surface area contributed by atoms with E-state index in [2.05, 4.69) is 5.32 Å². The molecule has 0 aromatic rings. The van der Waals surface area contributed by atoms with Crippen molar-refractivity contribution in [3.63, 3.8) is 0 Å². The van der Waals surface area contributed by atoms with E-state index in [0.29, 0.717) is 13.0 Å². The molecule has 0 spiro atoms. The third-order valence-electron chi connectivity index (χ3n) is 2.81. The number of hydrogen-bond acceptors (Lipinski definition) is 4. The molecule has 1 N–H and O–H groups in total. The summed E-state index contributed by atoms with van der Waals surface area (Å²) in [5.74, 6) is 0. The molecule has 1 unspecified atom stereocenters. The van der Waals surface area contributed by atoms with Crippen LogP contribution in [0.3, 0.4) is 0 Å². The van der Waals surface area contributed by atoms with E-state index in [0.717, 1.165) is 6.42 Å². The van der Waals surface area contributed by atoms with Crippen molar-refractivity contribution >= 4 is 16.1 Å². The smallest absolute Gasteiger partial charge is 0.408 e.